The minimum atomic E-state index is 0.181. The number of hydrogen-bond donors (Lipinski definition) is 0. The van der Waals surface area contributed by atoms with Crippen LogP contribution in [0.1, 0.15) is 24.8 Å². The van der Waals surface area contributed by atoms with E-state index in [1.54, 1.807) is 0 Å². The molecule has 1 atom stereocenters. The van der Waals surface area contributed by atoms with Crippen molar-refractivity contribution in [3.8, 4) is 0 Å². The molecule has 0 aliphatic carbocycles. The number of para-hydroxylation sites is 1. The van der Waals surface area contributed by atoms with Gasteiger partial charge in [-0.15, -0.1) is 0 Å². The summed E-state index contributed by atoms with van der Waals surface area (Å²) in [4.78, 5) is 17.5. The van der Waals surface area contributed by atoms with Gasteiger partial charge in [0.05, 0.1) is 5.92 Å². The zero-order chi connectivity index (χ0) is 15.6. The van der Waals surface area contributed by atoms with E-state index in [2.05, 4.69) is 23.1 Å². The molecule has 4 rings (SSSR count). The van der Waals surface area contributed by atoms with E-state index < -0.39 is 0 Å². The molecule has 0 saturated carbocycles. The number of fused-ring (bicyclic) bond motifs is 1. The average molecular weight is 314 g/mol. The Morgan fingerprint density at radius 2 is 1.96 bits per heavy atom. The molecule has 0 spiro atoms. The predicted molar refractivity (Wildman–Crippen MR) is 90.6 cm³/mol. The highest BCUT2D eigenvalue weighted by atomic mass is 16.5. The Bertz CT molecular complexity index is 568. The summed E-state index contributed by atoms with van der Waals surface area (Å²) in [6.45, 7) is 5.83. The van der Waals surface area contributed by atoms with Crippen LogP contribution >= 0.6 is 0 Å². The molecule has 4 nitrogen and oxygen atoms in total. The molecule has 3 aliphatic rings. The maximum Gasteiger partial charge on any atom is 0.231 e. The van der Waals surface area contributed by atoms with Crippen molar-refractivity contribution in [2.45, 2.75) is 25.7 Å². The number of ether oxygens (including phenoxy) is 1. The Hall–Kier alpha value is -1.39. The summed E-state index contributed by atoms with van der Waals surface area (Å²) in [6, 6.07) is 8.35. The van der Waals surface area contributed by atoms with E-state index in [1.807, 2.05) is 11.0 Å². The maximum atomic E-state index is 12.9. The molecule has 0 aromatic heterocycles. The van der Waals surface area contributed by atoms with Crippen LogP contribution in [0.4, 0.5) is 5.69 Å². The van der Waals surface area contributed by atoms with Gasteiger partial charge in [0.1, 0.15) is 0 Å². The van der Waals surface area contributed by atoms with Crippen LogP contribution in [0, 0.1) is 11.8 Å². The fraction of sp³-hybridized carbons (Fsp3) is 0.632. The Morgan fingerprint density at radius 3 is 2.83 bits per heavy atom. The third-order valence-corrected chi connectivity index (χ3v) is 5.63. The van der Waals surface area contributed by atoms with Gasteiger partial charge in [-0.1, -0.05) is 18.2 Å². The normalized spacial score (nSPS) is 25.7. The molecule has 124 valence electrons. The zero-order valence-corrected chi connectivity index (χ0v) is 13.7. The number of carbonyl (C=O) groups excluding carboxylic acids is 1. The van der Waals surface area contributed by atoms with Gasteiger partial charge in [-0.05, 0) is 49.8 Å². The molecule has 0 N–H and O–H groups in total. The monoisotopic (exact) mass is 314 g/mol. The van der Waals surface area contributed by atoms with E-state index in [-0.39, 0.29) is 5.92 Å². The molecule has 3 aliphatic heterocycles. The second-order valence-corrected chi connectivity index (χ2v) is 7.17. The summed E-state index contributed by atoms with van der Waals surface area (Å²) in [5.41, 5.74) is 2.46. The van der Waals surface area contributed by atoms with Gasteiger partial charge in [0, 0.05) is 38.5 Å². The molecule has 1 amide bonds. The van der Waals surface area contributed by atoms with Crippen molar-refractivity contribution in [2.24, 2.45) is 11.8 Å². The largest absolute Gasteiger partial charge is 0.381 e. The first kappa shape index (κ1) is 15.2. The molecule has 0 radical (unpaired) electrons. The van der Waals surface area contributed by atoms with Crippen molar-refractivity contribution >= 4 is 11.6 Å². The van der Waals surface area contributed by atoms with Gasteiger partial charge in [0.25, 0.3) is 0 Å². The van der Waals surface area contributed by atoms with Gasteiger partial charge in [-0.25, -0.2) is 0 Å². The summed E-state index contributed by atoms with van der Waals surface area (Å²) in [7, 11) is 0. The molecular formula is C19H26N2O2. The molecule has 2 saturated heterocycles. The maximum absolute atomic E-state index is 12.9. The number of rotatable bonds is 3. The first-order chi connectivity index (χ1) is 11.3. The van der Waals surface area contributed by atoms with E-state index in [0.717, 1.165) is 63.8 Å². The summed E-state index contributed by atoms with van der Waals surface area (Å²) >= 11 is 0. The smallest absolute Gasteiger partial charge is 0.231 e. The highest BCUT2D eigenvalue weighted by molar-refractivity contribution is 5.97. The number of likely N-dealkylation sites (tertiary alicyclic amines) is 1. The van der Waals surface area contributed by atoms with Gasteiger partial charge in [-0.2, -0.15) is 0 Å². The number of benzene rings is 1. The van der Waals surface area contributed by atoms with Crippen molar-refractivity contribution in [2.75, 3.05) is 44.3 Å². The van der Waals surface area contributed by atoms with Crippen LogP contribution in [0.25, 0.3) is 0 Å². The molecule has 1 aromatic rings. The van der Waals surface area contributed by atoms with Gasteiger partial charge < -0.3 is 14.5 Å². The lowest BCUT2D eigenvalue weighted by molar-refractivity contribution is -0.121. The fourth-order valence-electron chi connectivity index (χ4n) is 4.28. The second kappa shape index (κ2) is 6.62. The van der Waals surface area contributed by atoms with Gasteiger partial charge >= 0.3 is 0 Å². The van der Waals surface area contributed by atoms with E-state index >= 15 is 0 Å². The Kier molecular flexibility index (Phi) is 4.36. The quantitative estimate of drug-likeness (QED) is 0.858. The number of carbonyl (C=O) groups is 1. The van der Waals surface area contributed by atoms with Crippen LogP contribution in [0.3, 0.4) is 0 Å². The molecular weight excluding hydrogens is 288 g/mol. The van der Waals surface area contributed by atoms with Crippen LogP contribution in [-0.4, -0.2) is 50.2 Å². The van der Waals surface area contributed by atoms with Gasteiger partial charge in [0.2, 0.25) is 5.91 Å². The minimum absolute atomic E-state index is 0.181. The zero-order valence-electron chi connectivity index (χ0n) is 13.7. The van der Waals surface area contributed by atoms with Crippen molar-refractivity contribution in [1.29, 1.82) is 0 Å². The molecule has 2 fully saturated rings. The summed E-state index contributed by atoms with van der Waals surface area (Å²) in [5.74, 6) is 1.27. The predicted octanol–water partition coefficient (Wildman–Crippen LogP) is 2.32. The van der Waals surface area contributed by atoms with Crippen molar-refractivity contribution in [1.82, 2.24) is 4.90 Å². The SMILES string of the molecule is O=C(C1CCN(CC2CCOCC2)C1)N1CCc2ccccc21. The van der Waals surface area contributed by atoms with Crippen molar-refractivity contribution in [3.05, 3.63) is 29.8 Å². The van der Waals surface area contributed by atoms with E-state index in [0.29, 0.717) is 5.91 Å². The van der Waals surface area contributed by atoms with E-state index in [9.17, 15) is 4.79 Å². The fourth-order valence-corrected chi connectivity index (χ4v) is 4.28. The van der Waals surface area contributed by atoms with Crippen LogP contribution in [0.5, 0.6) is 0 Å². The van der Waals surface area contributed by atoms with Crippen molar-refractivity contribution in [3.63, 3.8) is 0 Å². The first-order valence-corrected chi connectivity index (χ1v) is 9.00. The van der Waals surface area contributed by atoms with Crippen molar-refractivity contribution < 1.29 is 9.53 Å². The molecule has 1 aromatic carbocycles. The Labute approximate surface area is 138 Å². The highest BCUT2D eigenvalue weighted by Crippen LogP contribution is 2.31. The minimum Gasteiger partial charge on any atom is -0.381 e. The highest BCUT2D eigenvalue weighted by Gasteiger charge is 2.35. The van der Waals surface area contributed by atoms with Crippen LogP contribution in [0.2, 0.25) is 0 Å². The lowest BCUT2D eigenvalue weighted by atomic mass is 10.00. The molecule has 3 heterocycles. The third-order valence-electron chi connectivity index (χ3n) is 5.63. The van der Waals surface area contributed by atoms with Crippen LogP contribution in [0.15, 0.2) is 24.3 Å². The number of anilines is 1. The third kappa shape index (κ3) is 3.15. The summed E-state index contributed by atoms with van der Waals surface area (Å²) < 4.78 is 5.45. The average Bonchev–Trinajstić information content (AvgIpc) is 3.22. The Balaban J connectivity index is 1.35. The van der Waals surface area contributed by atoms with Crippen LogP contribution in [-0.2, 0) is 16.0 Å². The first-order valence-electron chi connectivity index (χ1n) is 9.00. The number of hydrogen-bond acceptors (Lipinski definition) is 3. The van der Waals surface area contributed by atoms with E-state index in [4.69, 9.17) is 4.74 Å². The van der Waals surface area contributed by atoms with Crippen LogP contribution < -0.4 is 4.90 Å². The standard InChI is InChI=1S/C19H26N2O2/c22-19(21-10-6-16-3-1-2-4-18(16)21)17-5-9-20(14-17)13-15-7-11-23-12-8-15/h1-4,15,17H,5-14H2. The van der Waals surface area contributed by atoms with E-state index in [1.165, 1.54) is 18.4 Å². The lowest BCUT2D eigenvalue weighted by Gasteiger charge is -2.27. The summed E-state index contributed by atoms with van der Waals surface area (Å²) in [6.07, 6.45) is 4.37. The summed E-state index contributed by atoms with van der Waals surface area (Å²) in [5, 5.41) is 0. The molecule has 4 heteroatoms. The molecule has 0 bridgehead atoms. The second-order valence-electron chi connectivity index (χ2n) is 7.17. The van der Waals surface area contributed by atoms with Gasteiger partial charge in [-0.3, -0.25) is 4.79 Å². The Morgan fingerprint density at radius 1 is 1.13 bits per heavy atom. The number of amides is 1. The topological polar surface area (TPSA) is 32.8 Å². The van der Waals surface area contributed by atoms with Gasteiger partial charge in [0.15, 0.2) is 0 Å². The molecule has 1 unspecified atom stereocenters. The number of nitrogens with zero attached hydrogens (tertiary/aromatic N) is 2. The molecule has 23 heavy (non-hydrogen) atoms. The lowest BCUT2D eigenvalue weighted by Crippen LogP contribution is -2.37.